The quantitative estimate of drug-likeness (QED) is 0.843. The van der Waals surface area contributed by atoms with E-state index in [0.717, 1.165) is 63.9 Å². The molecule has 0 N–H and O–H groups in total. The molecule has 3 fully saturated rings. The molecule has 6 heteroatoms. The molecule has 1 aromatic heterocycles. The van der Waals surface area contributed by atoms with Gasteiger partial charge in [-0.05, 0) is 31.7 Å². The lowest BCUT2D eigenvalue weighted by Crippen LogP contribution is -2.50. The van der Waals surface area contributed by atoms with E-state index in [2.05, 4.69) is 19.7 Å². The van der Waals surface area contributed by atoms with E-state index in [1.54, 1.807) is 0 Å². The zero-order valence-electron chi connectivity index (χ0n) is 15.1. The molecule has 0 atom stereocenters. The molecule has 0 unspecified atom stereocenters. The number of hydrogen-bond donors (Lipinski definition) is 0. The van der Waals surface area contributed by atoms with Crippen LogP contribution in [0.3, 0.4) is 0 Å². The largest absolute Gasteiger partial charge is 0.353 e. The first-order valence-electron chi connectivity index (χ1n) is 9.93. The van der Waals surface area contributed by atoms with Crippen LogP contribution in [0.4, 0.5) is 11.8 Å². The Hall–Kier alpha value is -1.85. The maximum Gasteiger partial charge on any atom is 0.227 e. The van der Waals surface area contributed by atoms with Crippen LogP contribution in [0.2, 0.25) is 0 Å². The molecule has 1 aliphatic carbocycles. The van der Waals surface area contributed by atoms with Crippen molar-refractivity contribution in [3.63, 3.8) is 0 Å². The Labute approximate surface area is 150 Å². The van der Waals surface area contributed by atoms with Crippen molar-refractivity contribution in [1.82, 2.24) is 14.9 Å². The lowest BCUT2D eigenvalue weighted by atomic mass is 9.88. The SMILES string of the molecule is O=C(C1CCCCC1)N1CCN(c2ccnc(N3CCCC3)n2)CC1. The lowest BCUT2D eigenvalue weighted by molar-refractivity contribution is -0.136. The summed E-state index contributed by atoms with van der Waals surface area (Å²) in [4.78, 5) is 28.6. The van der Waals surface area contributed by atoms with Crippen molar-refractivity contribution in [3.8, 4) is 0 Å². The number of carbonyl (C=O) groups excluding carboxylic acids is 1. The van der Waals surface area contributed by atoms with Gasteiger partial charge in [-0.15, -0.1) is 0 Å². The molecule has 1 saturated carbocycles. The van der Waals surface area contributed by atoms with Crippen LogP contribution >= 0.6 is 0 Å². The number of hydrogen-bond acceptors (Lipinski definition) is 5. The van der Waals surface area contributed by atoms with Gasteiger partial charge in [0.05, 0.1) is 0 Å². The summed E-state index contributed by atoms with van der Waals surface area (Å²) in [5.74, 6) is 2.53. The molecule has 3 aliphatic rings. The average molecular weight is 343 g/mol. The van der Waals surface area contributed by atoms with Gasteiger partial charge >= 0.3 is 0 Å². The normalized spacial score (nSPS) is 22.5. The van der Waals surface area contributed by atoms with Crippen LogP contribution in [0.15, 0.2) is 12.3 Å². The third-order valence-electron chi connectivity index (χ3n) is 5.89. The minimum atomic E-state index is 0.279. The number of piperazine rings is 1. The Morgan fingerprint density at radius 1 is 0.880 bits per heavy atom. The molecule has 2 saturated heterocycles. The zero-order valence-corrected chi connectivity index (χ0v) is 15.1. The van der Waals surface area contributed by atoms with Gasteiger partial charge in [0.15, 0.2) is 0 Å². The Morgan fingerprint density at radius 3 is 2.32 bits per heavy atom. The highest BCUT2D eigenvalue weighted by molar-refractivity contribution is 5.79. The van der Waals surface area contributed by atoms with Crippen LogP contribution in [0.1, 0.15) is 44.9 Å². The number of carbonyl (C=O) groups is 1. The Balaban J connectivity index is 1.35. The second kappa shape index (κ2) is 7.58. The highest BCUT2D eigenvalue weighted by atomic mass is 16.2. The van der Waals surface area contributed by atoms with Gasteiger partial charge in [-0.1, -0.05) is 19.3 Å². The fourth-order valence-electron chi connectivity index (χ4n) is 4.35. The zero-order chi connectivity index (χ0) is 17.1. The van der Waals surface area contributed by atoms with E-state index >= 15 is 0 Å². The summed E-state index contributed by atoms with van der Waals surface area (Å²) in [5.41, 5.74) is 0. The highest BCUT2D eigenvalue weighted by Gasteiger charge is 2.29. The smallest absolute Gasteiger partial charge is 0.227 e. The molecule has 3 heterocycles. The predicted molar refractivity (Wildman–Crippen MR) is 98.8 cm³/mol. The molecule has 4 rings (SSSR count). The molecule has 0 spiro atoms. The molecule has 136 valence electrons. The molecule has 2 aliphatic heterocycles. The van der Waals surface area contributed by atoms with Gasteiger partial charge in [-0.25, -0.2) is 4.98 Å². The van der Waals surface area contributed by atoms with Crippen molar-refractivity contribution >= 4 is 17.7 Å². The molecule has 0 bridgehead atoms. The van der Waals surface area contributed by atoms with Crippen molar-refractivity contribution in [2.45, 2.75) is 44.9 Å². The minimum Gasteiger partial charge on any atom is -0.353 e. The average Bonchev–Trinajstić information content (AvgIpc) is 3.23. The Bertz CT molecular complexity index is 587. The van der Waals surface area contributed by atoms with Gasteiger partial charge in [0.25, 0.3) is 0 Å². The van der Waals surface area contributed by atoms with E-state index in [1.807, 2.05) is 12.3 Å². The highest BCUT2D eigenvalue weighted by Crippen LogP contribution is 2.26. The van der Waals surface area contributed by atoms with E-state index in [1.165, 1.54) is 32.1 Å². The van der Waals surface area contributed by atoms with Gasteiger partial charge in [-0.2, -0.15) is 4.98 Å². The van der Waals surface area contributed by atoms with E-state index < -0.39 is 0 Å². The predicted octanol–water partition coefficient (Wildman–Crippen LogP) is 2.31. The molecule has 6 nitrogen and oxygen atoms in total. The molecule has 1 amide bonds. The van der Waals surface area contributed by atoms with Crippen molar-refractivity contribution in [1.29, 1.82) is 0 Å². The molecule has 0 radical (unpaired) electrons. The van der Waals surface area contributed by atoms with E-state index in [0.29, 0.717) is 5.91 Å². The number of amides is 1. The van der Waals surface area contributed by atoms with E-state index in [4.69, 9.17) is 4.98 Å². The summed E-state index contributed by atoms with van der Waals surface area (Å²) in [6.07, 6.45) is 10.2. The molecule has 25 heavy (non-hydrogen) atoms. The van der Waals surface area contributed by atoms with Crippen molar-refractivity contribution in [2.24, 2.45) is 5.92 Å². The third kappa shape index (κ3) is 3.72. The number of aromatic nitrogens is 2. The van der Waals surface area contributed by atoms with Crippen molar-refractivity contribution < 1.29 is 4.79 Å². The first kappa shape index (κ1) is 16.6. The van der Waals surface area contributed by atoms with Gasteiger partial charge in [-0.3, -0.25) is 4.79 Å². The van der Waals surface area contributed by atoms with Crippen LogP contribution in [0.25, 0.3) is 0 Å². The fourth-order valence-corrected chi connectivity index (χ4v) is 4.35. The summed E-state index contributed by atoms with van der Waals surface area (Å²) in [6, 6.07) is 2.00. The maximum absolute atomic E-state index is 12.7. The standard InChI is InChI=1S/C19H29N5O/c25-18(16-6-2-1-3-7-16)23-14-12-22(13-15-23)17-8-9-20-19(21-17)24-10-4-5-11-24/h8-9,16H,1-7,10-15H2. The summed E-state index contributed by atoms with van der Waals surface area (Å²) >= 11 is 0. The molecular formula is C19H29N5O. The molecular weight excluding hydrogens is 314 g/mol. The topological polar surface area (TPSA) is 52.6 Å². The Morgan fingerprint density at radius 2 is 1.60 bits per heavy atom. The third-order valence-corrected chi connectivity index (χ3v) is 5.89. The maximum atomic E-state index is 12.7. The number of nitrogens with zero attached hydrogens (tertiary/aromatic N) is 5. The van der Waals surface area contributed by atoms with E-state index in [-0.39, 0.29) is 5.92 Å². The van der Waals surface area contributed by atoms with Crippen molar-refractivity contribution in [3.05, 3.63) is 12.3 Å². The second-order valence-corrected chi connectivity index (χ2v) is 7.56. The van der Waals surface area contributed by atoms with Crippen LogP contribution in [0, 0.1) is 5.92 Å². The van der Waals surface area contributed by atoms with Gasteiger partial charge in [0.2, 0.25) is 11.9 Å². The van der Waals surface area contributed by atoms with E-state index in [9.17, 15) is 4.79 Å². The molecule has 1 aromatic rings. The van der Waals surface area contributed by atoms with Crippen LogP contribution < -0.4 is 9.80 Å². The van der Waals surface area contributed by atoms with Crippen LogP contribution in [-0.2, 0) is 4.79 Å². The summed E-state index contributed by atoms with van der Waals surface area (Å²) in [7, 11) is 0. The number of rotatable bonds is 3. The van der Waals surface area contributed by atoms with Crippen LogP contribution in [0.5, 0.6) is 0 Å². The van der Waals surface area contributed by atoms with Gasteiger partial charge in [0.1, 0.15) is 5.82 Å². The molecule has 0 aromatic carbocycles. The first-order valence-corrected chi connectivity index (χ1v) is 9.93. The summed E-state index contributed by atoms with van der Waals surface area (Å²) in [5, 5.41) is 0. The second-order valence-electron chi connectivity index (χ2n) is 7.56. The fraction of sp³-hybridized carbons (Fsp3) is 0.737. The monoisotopic (exact) mass is 343 g/mol. The summed E-state index contributed by atoms with van der Waals surface area (Å²) in [6.45, 7) is 5.50. The lowest BCUT2D eigenvalue weighted by Gasteiger charge is -2.37. The van der Waals surface area contributed by atoms with Gasteiger partial charge in [0, 0.05) is 51.4 Å². The van der Waals surface area contributed by atoms with Gasteiger partial charge < -0.3 is 14.7 Å². The number of anilines is 2. The summed E-state index contributed by atoms with van der Waals surface area (Å²) < 4.78 is 0. The van der Waals surface area contributed by atoms with Crippen LogP contribution in [-0.4, -0.2) is 60.0 Å². The Kier molecular flexibility index (Phi) is 5.04. The minimum absolute atomic E-state index is 0.279. The first-order chi connectivity index (χ1) is 12.3. The van der Waals surface area contributed by atoms with Crippen molar-refractivity contribution in [2.75, 3.05) is 49.1 Å².